The number of carbonyl (C=O) groups excluding carboxylic acids is 1. The molecule has 170 valence electrons. The van der Waals surface area contributed by atoms with E-state index in [0.717, 1.165) is 53.0 Å². The van der Waals surface area contributed by atoms with E-state index >= 15 is 0 Å². The van der Waals surface area contributed by atoms with Gasteiger partial charge in [0.1, 0.15) is 12.4 Å². The van der Waals surface area contributed by atoms with E-state index in [0.29, 0.717) is 12.2 Å². The Balaban J connectivity index is 2.06. The van der Waals surface area contributed by atoms with Crippen molar-refractivity contribution >= 4 is 11.7 Å². The minimum Gasteiger partial charge on any atom is -0.488 e. The maximum Gasteiger partial charge on any atom is 0.333 e. The number of anilines is 1. The van der Waals surface area contributed by atoms with Crippen LogP contribution in [0.3, 0.4) is 0 Å². The molecule has 0 saturated heterocycles. The van der Waals surface area contributed by atoms with Gasteiger partial charge in [0.2, 0.25) is 0 Å². The molecule has 0 aliphatic carbocycles. The SMILES string of the molecule is CCCc1cc(CC)cc(C(Nc2ccc(C#N)cc2)C(=O)OC)c1OCc1ccccc1. The highest BCUT2D eigenvalue weighted by atomic mass is 16.5. The summed E-state index contributed by atoms with van der Waals surface area (Å²) in [5.74, 6) is 0.314. The minimum atomic E-state index is -0.754. The van der Waals surface area contributed by atoms with Crippen molar-refractivity contribution < 1.29 is 14.3 Å². The summed E-state index contributed by atoms with van der Waals surface area (Å²) in [4.78, 5) is 12.9. The van der Waals surface area contributed by atoms with Crippen molar-refractivity contribution in [1.29, 1.82) is 5.26 Å². The van der Waals surface area contributed by atoms with E-state index in [2.05, 4.69) is 31.3 Å². The molecule has 0 fully saturated rings. The van der Waals surface area contributed by atoms with Gasteiger partial charge in [-0.15, -0.1) is 0 Å². The Kier molecular flexibility index (Phi) is 8.49. The summed E-state index contributed by atoms with van der Waals surface area (Å²) in [5.41, 5.74) is 5.30. The second-order valence-electron chi connectivity index (χ2n) is 7.84. The van der Waals surface area contributed by atoms with Gasteiger partial charge in [-0.3, -0.25) is 0 Å². The number of benzene rings is 3. The maximum absolute atomic E-state index is 12.9. The first kappa shape index (κ1) is 23.9. The molecule has 1 unspecified atom stereocenters. The second-order valence-corrected chi connectivity index (χ2v) is 7.84. The molecule has 5 nitrogen and oxygen atoms in total. The lowest BCUT2D eigenvalue weighted by atomic mass is 9.95. The third-order valence-electron chi connectivity index (χ3n) is 5.48. The lowest BCUT2D eigenvalue weighted by molar-refractivity contribution is -0.141. The highest BCUT2D eigenvalue weighted by Gasteiger charge is 2.27. The van der Waals surface area contributed by atoms with Crippen molar-refractivity contribution in [3.8, 4) is 11.8 Å². The Morgan fingerprint density at radius 2 is 1.76 bits per heavy atom. The molecule has 3 rings (SSSR count). The van der Waals surface area contributed by atoms with Crippen molar-refractivity contribution in [1.82, 2.24) is 0 Å². The predicted molar refractivity (Wildman–Crippen MR) is 130 cm³/mol. The van der Waals surface area contributed by atoms with Crippen LogP contribution in [0, 0.1) is 11.3 Å². The molecule has 3 aromatic carbocycles. The number of nitrogens with one attached hydrogen (secondary N) is 1. The average molecular weight is 443 g/mol. The molecule has 0 radical (unpaired) electrons. The minimum absolute atomic E-state index is 0.403. The van der Waals surface area contributed by atoms with E-state index in [-0.39, 0.29) is 0 Å². The van der Waals surface area contributed by atoms with E-state index in [1.165, 1.54) is 7.11 Å². The van der Waals surface area contributed by atoms with Crippen molar-refractivity contribution in [3.05, 3.63) is 94.5 Å². The molecule has 5 heteroatoms. The number of nitrogens with zero attached hydrogens (tertiary/aromatic N) is 1. The molecule has 1 N–H and O–H groups in total. The Morgan fingerprint density at radius 1 is 1.03 bits per heavy atom. The number of methoxy groups -OCH3 is 1. The number of rotatable bonds is 10. The second kappa shape index (κ2) is 11.7. The van der Waals surface area contributed by atoms with Crippen molar-refractivity contribution in [3.63, 3.8) is 0 Å². The van der Waals surface area contributed by atoms with E-state index in [9.17, 15) is 4.79 Å². The smallest absolute Gasteiger partial charge is 0.333 e. The first-order valence-corrected chi connectivity index (χ1v) is 11.3. The van der Waals surface area contributed by atoms with Gasteiger partial charge in [0.25, 0.3) is 0 Å². The zero-order chi connectivity index (χ0) is 23.6. The van der Waals surface area contributed by atoms with Crippen LogP contribution in [0.25, 0.3) is 0 Å². The van der Waals surface area contributed by atoms with Gasteiger partial charge in [0, 0.05) is 11.3 Å². The monoisotopic (exact) mass is 442 g/mol. The van der Waals surface area contributed by atoms with E-state index in [1.54, 1.807) is 24.3 Å². The summed E-state index contributed by atoms with van der Waals surface area (Å²) < 4.78 is 11.5. The van der Waals surface area contributed by atoms with E-state index in [4.69, 9.17) is 14.7 Å². The molecule has 0 spiro atoms. The van der Waals surface area contributed by atoms with Gasteiger partial charge in [-0.2, -0.15) is 5.26 Å². The maximum atomic E-state index is 12.9. The molecule has 0 bridgehead atoms. The van der Waals surface area contributed by atoms with Gasteiger partial charge in [0.15, 0.2) is 6.04 Å². The van der Waals surface area contributed by atoms with Gasteiger partial charge in [-0.25, -0.2) is 4.79 Å². The fraction of sp³-hybridized carbons (Fsp3) is 0.286. The van der Waals surface area contributed by atoms with Gasteiger partial charge >= 0.3 is 5.97 Å². The quantitative estimate of drug-likeness (QED) is 0.391. The Labute approximate surface area is 196 Å². The molecule has 0 aliphatic rings. The van der Waals surface area contributed by atoms with Crippen LogP contribution in [0.15, 0.2) is 66.7 Å². The molecular weight excluding hydrogens is 412 g/mol. The third kappa shape index (κ3) is 6.14. The topological polar surface area (TPSA) is 71.4 Å². The number of nitriles is 1. The number of esters is 1. The van der Waals surface area contributed by atoms with Crippen LogP contribution < -0.4 is 10.1 Å². The molecular formula is C28H30N2O3. The average Bonchev–Trinajstić information content (AvgIpc) is 2.86. The van der Waals surface area contributed by atoms with Gasteiger partial charge in [-0.05, 0) is 59.9 Å². The van der Waals surface area contributed by atoms with Crippen molar-refractivity contribution in [2.24, 2.45) is 0 Å². The van der Waals surface area contributed by atoms with Gasteiger partial charge in [0.05, 0.1) is 18.7 Å². The molecule has 0 amide bonds. The normalized spacial score (nSPS) is 11.3. The Hall–Kier alpha value is -3.78. The summed E-state index contributed by atoms with van der Waals surface area (Å²) in [6, 6.07) is 22.5. The standard InChI is InChI=1S/C28H30N2O3/c1-4-9-23-16-20(5-2)17-25(27(23)33-19-22-10-7-6-8-11-22)26(28(31)32-3)30-24-14-12-21(18-29)13-15-24/h6-8,10-17,26,30H,4-5,9,19H2,1-3H3. The Bertz CT molecular complexity index is 1100. The first-order valence-electron chi connectivity index (χ1n) is 11.3. The van der Waals surface area contributed by atoms with E-state index < -0.39 is 12.0 Å². The van der Waals surface area contributed by atoms with Crippen LogP contribution in [0.2, 0.25) is 0 Å². The molecule has 0 saturated carbocycles. The van der Waals surface area contributed by atoms with Gasteiger partial charge in [-0.1, -0.05) is 56.7 Å². The lowest BCUT2D eigenvalue weighted by Crippen LogP contribution is -2.24. The fourth-order valence-corrected chi connectivity index (χ4v) is 3.75. The molecule has 0 aliphatic heterocycles. The number of hydrogen-bond acceptors (Lipinski definition) is 5. The predicted octanol–water partition coefficient (Wildman–Crippen LogP) is 5.98. The summed E-state index contributed by atoms with van der Waals surface area (Å²) in [6.45, 7) is 4.63. The van der Waals surface area contributed by atoms with Crippen LogP contribution in [0.4, 0.5) is 5.69 Å². The van der Waals surface area contributed by atoms with Crippen LogP contribution in [-0.4, -0.2) is 13.1 Å². The van der Waals surface area contributed by atoms with E-state index in [1.807, 2.05) is 36.4 Å². The highest BCUT2D eigenvalue weighted by Crippen LogP contribution is 2.35. The number of carbonyl (C=O) groups is 1. The molecule has 3 aromatic rings. The highest BCUT2D eigenvalue weighted by molar-refractivity contribution is 5.82. The number of aryl methyl sites for hydroxylation is 2. The number of hydrogen-bond donors (Lipinski definition) is 1. The summed E-state index contributed by atoms with van der Waals surface area (Å²) in [7, 11) is 1.39. The third-order valence-corrected chi connectivity index (χ3v) is 5.48. The molecule has 0 heterocycles. The van der Waals surface area contributed by atoms with Crippen molar-refractivity contribution in [2.75, 3.05) is 12.4 Å². The molecule has 0 aromatic heterocycles. The zero-order valence-electron chi connectivity index (χ0n) is 19.4. The number of ether oxygens (including phenoxy) is 2. The summed E-state index contributed by atoms with van der Waals surface area (Å²) >= 11 is 0. The Morgan fingerprint density at radius 3 is 2.36 bits per heavy atom. The van der Waals surface area contributed by atoms with Crippen LogP contribution in [-0.2, 0) is 29.0 Å². The molecule has 1 atom stereocenters. The summed E-state index contributed by atoms with van der Waals surface area (Å²) in [6.07, 6.45) is 2.64. The zero-order valence-corrected chi connectivity index (χ0v) is 19.4. The summed E-state index contributed by atoms with van der Waals surface area (Å²) in [5, 5.41) is 12.4. The largest absolute Gasteiger partial charge is 0.488 e. The van der Waals surface area contributed by atoms with Crippen LogP contribution in [0.5, 0.6) is 5.75 Å². The van der Waals surface area contributed by atoms with Crippen LogP contribution >= 0.6 is 0 Å². The van der Waals surface area contributed by atoms with Crippen LogP contribution in [0.1, 0.15) is 54.1 Å². The molecule has 33 heavy (non-hydrogen) atoms. The fourth-order valence-electron chi connectivity index (χ4n) is 3.75. The lowest BCUT2D eigenvalue weighted by Gasteiger charge is -2.24. The first-order chi connectivity index (χ1) is 16.1. The van der Waals surface area contributed by atoms with Gasteiger partial charge < -0.3 is 14.8 Å². The van der Waals surface area contributed by atoms with Crippen molar-refractivity contribution in [2.45, 2.75) is 45.8 Å².